The van der Waals surface area contributed by atoms with E-state index >= 15 is 0 Å². The molecule has 2 rings (SSSR count). The number of amides is 1. The molecule has 1 N–H and O–H groups in total. The number of thiazole rings is 1. The predicted molar refractivity (Wildman–Crippen MR) is 96.2 cm³/mol. The molecule has 0 bridgehead atoms. The SMILES string of the molecule is CCCC(C)NC(=O)CSCc1csc(-c2ccc(F)cc2)n1. The van der Waals surface area contributed by atoms with E-state index in [1.54, 1.807) is 23.9 Å². The summed E-state index contributed by atoms with van der Waals surface area (Å²) in [5.74, 6) is 0.972. The maximum atomic E-state index is 12.9. The molecule has 1 atom stereocenters. The standard InChI is InChI=1S/C17H21FN2OS2/c1-3-4-12(2)19-16(21)11-22-9-15-10-23-17(20-15)13-5-7-14(18)8-6-13/h5-8,10,12H,3-4,9,11H2,1-2H3,(H,19,21). The minimum atomic E-state index is -0.246. The summed E-state index contributed by atoms with van der Waals surface area (Å²) in [4.78, 5) is 16.3. The maximum absolute atomic E-state index is 12.9. The highest BCUT2D eigenvalue weighted by atomic mass is 32.2. The van der Waals surface area contributed by atoms with Crippen molar-refractivity contribution in [3.05, 3.63) is 41.2 Å². The lowest BCUT2D eigenvalue weighted by atomic mass is 10.2. The van der Waals surface area contributed by atoms with E-state index in [-0.39, 0.29) is 17.8 Å². The van der Waals surface area contributed by atoms with Crippen LogP contribution in [0.25, 0.3) is 10.6 Å². The first-order valence-corrected chi connectivity index (χ1v) is 9.69. The highest BCUT2D eigenvalue weighted by Crippen LogP contribution is 2.25. The molecule has 0 aliphatic rings. The van der Waals surface area contributed by atoms with Gasteiger partial charge in [-0.2, -0.15) is 0 Å². The summed E-state index contributed by atoms with van der Waals surface area (Å²) < 4.78 is 12.9. The molecular formula is C17H21FN2OS2. The Morgan fingerprint density at radius 2 is 2.13 bits per heavy atom. The molecule has 124 valence electrons. The van der Waals surface area contributed by atoms with Crippen molar-refractivity contribution >= 4 is 29.0 Å². The van der Waals surface area contributed by atoms with Gasteiger partial charge in [-0.1, -0.05) is 13.3 Å². The first-order chi connectivity index (χ1) is 11.1. The quantitative estimate of drug-likeness (QED) is 0.761. The number of hydrogen-bond acceptors (Lipinski definition) is 4. The van der Waals surface area contributed by atoms with Crippen molar-refractivity contribution in [2.45, 2.75) is 38.5 Å². The van der Waals surface area contributed by atoms with E-state index in [4.69, 9.17) is 0 Å². The van der Waals surface area contributed by atoms with Crippen LogP contribution in [0, 0.1) is 5.82 Å². The normalized spacial score (nSPS) is 12.1. The minimum absolute atomic E-state index is 0.0740. The molecule has 3 nitrogen and oxygen atoms in total. The summed E-state index contributed by atoms with van der Waals surface area (Å²) in [5.41, 5.74) is 1.87. The molecule has 6 heteroatoms. The van der Waals surface area contributed by atoms with Gasteiger partial charge in [0, 0.05) is 22.7 Å². The number of thioether (sulfide) groups is 1. The number of aromatic nitrogens is 1. The predicted octanol–water partition coefficient (Wildman–Crippen LogP) is 4.49. The Bertz CT molecular complexity index is 628. The first-order valence-electron chi connectivity index (χ1n) is 7.66. The number of rotatable bonds is 8. The minimum Gasteiger partial charge on any atom is -0.353 e. The van der Waals surface area contributed by atoms with Gasteiger partial charge in [0.1, 0.15) is 10.8 Å². The van der Waals surface area contributed by atoms with Crippen molar-refractivity contribution in [3.8, 4) is 10.6 Å². The first kappa shape index (κ1) is 17.9. The van der Waals surface area contributed by atoms with Crippen LogP contribution in [-0.4, -0.2) is 22.7 Å². The molecule has 0 spiro atoms. The molecule has 1 heterocycles. The summed E-state index contributed by atoms with van der Waals surface area (Å²) >= 11 is 3.09. The van der Waals surface area contributed by atoms with Crippen LogP contribution in [-0.2, 0) is 10.5 Å². The van der Waals surface area contributed by atoms with Gasteiger partial charge in [-0.15, -0.1) is 23.1 Å². The second-order valence-electron chi connectivity index (χ2n) is 5.40. The van der Waals surface area contributed by atoms with E-state index in [0.29, 0.717) is 11.5 Å². The van der Waals surface area contributed by atoms with Crippen LogP contribution in [0.1, 0.15) is 32.4 Å². The van der Waals surface area contributed by atoms with Gasteiger partial charge in [0.25, 0.3) is 0 Å². The second kappa shape index (κ2) is 9.03. The van der Waals surface area contributed by atoms with Crippen LogP contribution >= 0.6 is 23.1 Å². The molecule has 0 fully saturated rings. The van der Waals surface area contributed by atoms with Gasteiger partial charge in [-0.3, -0.25) is 4.79 Å². The number of halogens is 1. The van der Waals surface area contributed by atoms with Crippen LogP contribution in [0.2, 0.25) is 0 Å². The molecule has 0 aliphatic carbocycles. The zero-order valence-electron chi connectivity index (χ0n) is 13.3. The Kier molecular flexibility index (Phi) is 7.05. The second-order valence-corrected chi connectivity index (χ2v) is 7.24. The summed E-state index contributed by atoms with van der Waals surface area (Å²) in [6.45, 7) is 4.14. The van der Waals surface area contributed by atoms with Gasteiger partial charge in [-0.05, 0) is 37.6 Å². The summed E-state index contributed by atoms with van der Waals surface area (Å²) in [6.07, 6.45) is 2.07. The Balaban J connectivity index is 1.79. The van der Waals surface area contributed by atoms with Crippen molar-refractivity contribution in [2.75, 3.05) is 5.75 Å². The van der Waals surface area contributed by atoms with E-state index in [2.05, 4.69) is 17.2 Å². The zero-order chi connectivity index (χ0) is 16.7. The average molecular weight is 352 g/mol. The maximum Gasteiger partial charge on any atom is 0.230 e. The third kappa shape index (κ3) is 5.95. The van der Waals surface area contributed by atoms with E-state index in [0.717, 1.165) is 29.1 Å². The Labute approximate surface area is 144 Å². The fourth-order valence-electron chi connectivity index (χ4n) is 2.17. The third-order valence-corrected chi connectivity index (χ3v) is 5.16. The number of benzene rings is 1. The lowest BCUT2D eigenvalue weighted by Crippen LogP contribution is -2.33. The van der Waals surface area contributed by atoms with Gasteiger partial charge < -0.3 is 5.32 Å². The number of hydrogen-bond donors (Lipinski definition) is 1. The van der Waals surface area contributed by atoms with Gasteiger partial charge >= 0.3 is 0 Å². The molecule has 0 radical (unpaired) electrons. The molecular weight excluding hydrogens is 331 g/mol. The Morgan fingerprint density at radius 1 is 1.39 bits per heavy atom. The largest absolute Gasteiger partial charge is 0.353 e. The average Bonchev–Trinajstić information content (AvgIpc) is 2.97. The highest BCUT2D eigenvalue weighted by molar-refractivity contribution is 7.99. The van der Waals surface area contributed by atoms with E-state index in [9.17, 15) is 9.18 Å². The Hall–Kier alpha value is -1.40. The zero-order valence-corrected chi connectivity index (χ0v) is 15.0. The van der Waals surface area contributed by atoms with Crippen molar-refractivity contribution < 1.29 is 9.18 Å². The summed E-state index contributed by atoms with van der Waals surface area (Å²) in [6, 6.07) is 6.57. The monoisotopic (exact) mass is 352 g/mol. The van der Waals surface area contributed by atoms with E-state index in [1.165, 1.54) is 23.5 Å². The molecule has 1 amide bonds. The number of nitrogens with one attached hydrogen (secondary N) is 1. The number of carbonyl (C=O) groups excluding carboxylic acids is 1. The van der Waals surface area contributed by atoms with E-state index < -0.39 is 0 Å². The molecule has 0 aliphatic heterocycles. The number of carbonyl (C=O) groups is 1. The molecule has 1 aromatic heterocycles. The number of nitrogens with zero attached hydrogens (tertiary/aromatic N) is 1. The van der Waals surface area contributed by atoms with Crippen molar-refractivity contribution in [2.24, 2.45) is 0 Å². The molecule has 0 saturated heterocycles. The van der Waals surface area contributed by atoms with Crippen molar-refractivity contribution in [1.82, 2.24) is 10.3 Å². The van der Waals surface area contributed by atoms with Gasteiger partial charge in [0.15, 0.2) is 0 Å². The molecule has 1 aromatic carbocycles. The van der Waals surface area contributed by atoms with Crippen LogP contribution in [0.15, 0.2) is 29.6 Å². The third-order valence-electron chi connectivity index (χ3n) is 3.26. The van der Waals surface area contributed by atoms with Crippen molar-refractivity contribution in [1.29, 1.82) is 0 Å². The topological polar surface area (TPSA) is 42.0 Å². The molecule has 2 aromatic rings. The summed E-state index contributed by atoms with van der Waals surface area (Å²) in [7, 11) is 0. The summed E-state index contributed by atoms with van der Waals surface area (Å²) in [5, 5.41) is 5.86. The highest BCUT2D eigenvalue weighted by Gasteiger charge is 2.08. The molecule has 1 unspecified atom stereocenters. The van der Waals surface area contributed by atoms with Gasteiger partial charge in [-0.25, -0.2) is 9.37 Å². The smallest absolute Gasteiger partial charge is 0.230 e. The van der Waals surface area contributed by atoms with Crippen LogP contribution in [0.5, 0.6) is 0 Å². The van der Waals surface area contributed by atoms with E-state index in [1.807, 2.05) is 12.3 Å². The van der Waals surface area contributed by atoms with Crippen LogP contribution in [0.3, 0.4) is 0 Å². The van der Waals surface area contributed by atoms with Crippen molar-refractivity contribution in [3.63, 3.8) is 0 Å². The van der Waals surface area contributed by atoms with Crippen LogP contribution < -0.4 is 5.32 Å². The van der Waals surface area contributed by atoms with Gasteiger partial charge in [0.2, 0.25) is 5.91 Å². The fourth-order valence-corrected chi connectivity index (χ4v) is 3.83. The molecule has 23 heavy (non-hydrogen) atoms. The molecule has 0 saturated carbocycles. The Morgan fingerprint density at radius 3 is 2.83 bits per heavy atom. The fraction of sp³-hybridized carbons (Fsp3) is 0.412. The lowest BCUT2D eigenvalue weighted by Gasteiger charge is -2.12. The lowest BCUT2D eigenvalue weighted by molar-refractivity contribution is -0.119. The van der Waals surface area contributed by atoms with Gasteiger partial charge in [0.05, 0.1) is 11.4 Å². The van der Waals surface area contributed by atoms with Crippen LogP contribution in [0.4, 0.5) is 4.39 Å².